The number of nitrogens with zero attached hydrogens (tertiary/aromatic N) is 2. The van der Waals surface area contributed by atoms with Crippen molar-refractivity contribution in [3.63, 3.8) is 0 Å². The Kier molecular flexibility index (Phi) is 3.20. The van der Waals surface area contributed by atoms with Gasteiger partial charge in [-0.2, -0.15) is 0 Å². The number of amides is 1. The minimum atomic E-state index is -0.350. The van der Waals surface area contributed by atoms with Gasteiger partial charge in [0.1, 0.15) is 6.33 Å². The van der Waals surface area contributed by atoms with Crippen LogP contribution in [0.3, 0.4) is 0 Å². The average molecular weight is 249 g/mol. The van der Waals surface area contributed by atoms with Crippen molar-refractivity contribution in [2.45, 2.75) is 0 Å². The quantitative estimate of drug-likeness (QED) is 0.796. The van der Waals surface area contributed by atoms with E-state index in [1.54, 1.807) is 12.1 Å². The fourth-order valence-electron chi connectivity index (χ4n) is 1.28. The summed E-state index contributed by atoms with van der Waals surface area (Å²) in [6.07, 6.45) is 4.36. The average Bonchev–Trinajstić information content (AvgIpc) is 2.33. The smallest absolute Gasteiger partial charge is 0.257 e. The Labute approximate surface area is 103 Å². The molecule has 6 heteroatoms. The van der Waals surface area contributed by atoms with Gasteiger partial charge >= 0.3 is 0 Å². The molecule has 0 unspecified atom stereocenters. The molecule has 0 spiro atoms. The van der Waals surface area contributed by atoms with Crippen molar-refractivity contribution in [3.05, 3.63) is 47.5 Å². The molecule has 2 rings (SSSR count). The lowest BCUT2D eigenvalue weighted by Gasteiger charge is -2.06. The van der Waals surface area contributed by atoms with Crippen LogP contribution in [0.2, 0.25) is 5.02 Å². The highest BCUT2D eigenvalue weighted by atomic mass is 35.5. The molecule has 0 atom stereocenters. The van der Waals surface area contributed by atoms with Crippen LogP contribution >= 0.6 is 11.6 Å². The van der Waals surface area contributed by atoms with Crippen LogP contribution in [0, 0.1) is 0 Å². The monoisotopic (exact) mass is 248 g/mol. The number of hydrogen-bond acceptors (Lipinski definition) is 4. The molecule has 0 radical (unpaired) electrons. The summed E-state index contributed by atoms with van der Waals surface area (Å²) < 4.78 is 0. The van der Waals surface area contributed by atoms with Gasteiger partial charge in [-0.3, -0.25) is 4.79 Å². The summed E-state index contributed by atoms with van der Waals surface area (Å²) in [6.45, 7) is 0. The fraction of sp³-hybridized carbons (Fsp3) is 0. The molecule has 1 heterocycles. The second kappa shape index (κ2) is 4.80. The number of carbonyl (C=O) groups excluding carboxylic acids is 1. The zero-order valence-electron chi connectivity index (χ0n) is 8.72. The van der Waals surface area contributed by atoms with Crippen molar-refractivity contribution >= 4 is 28.9 Å². The Morgan fingerprint density at radius 1 is 1.29 bits per heavy atom. The summed E-state index contributed by atoms with van der Waals surface area (Å²) in [5, 5.41) is 2.96. The highest BCUT2D eigenvalue weighted by molar-refractivity contribution is 6.34. The number of hydrogen-bond donors (Lipinski definition) is 2. The van der Waals surface area contributed by atoms with E-state index in [2.05, 4.69) is 15.3 Å². The largest absolute Gasteiger partial charge is 0.399 e. The molecule has 3 N–H and O–H groups in total. The molecule has 0 saturated heterocycles. The minimum absolute atomic E-state index is 0.315. The number of nitrogens with two attached hydrogens (primary N) is 1. The Bertz CT molecular complexity index is 544. The zero-order chi connectivity index (χ0) is 12.3. The van der Waals surface area contributed by atoms with Crippen LogP contribution in [-0.2, 0) is 0 Å². The van der Waals surface area contributed by atoms with Crippen LogP contribution < -0.4 is 11.1 Å². The first-order valence-electron chi connectivity index (χ1n) is 4.78. The summed E-state index contributed by atoms with van der Waals surface area (Å²) in [5.74, 6) is -0.350. The molecule has 17 heavy (non-hydrogen) atoms. The Balaban J connectivity index is 2.23. The van der Waals surface area contributed by atoms with Crippen molar-refractivity contribution in [2.75, 3.05) is 11.1 Å². The van der Waals surface area contributed by atoms with E-state index in [4.69, 9.17) is 17.3 Å². The maximum Gasteiger partial charge on any atom is 0.257 e. The number of carbonyl (C=O) groups is 1. The molecule has 0 bridgehead atoms. The Morgan fingerprint density at radius 2 is 2.00 bits per heavy atom. The van der Waals surface area contributed by atoms with Gasteiger partial charge in [0.25, 0.3) is 5.91 Å². The molecule has 1 amide bonds. The Hall–Kier alpha value is -2.14. The second-order valence-corrected chi connectivity index (χ2v) is 3.73. The molecule has 0 fully saturated rings. The standard InChI is InChI=1S/C11H9ClN4O/c12-10-2-1-7(13)3-9(10)11(17)16-8-4-14-6-15-5-8/h1-6H,13H2,(H,16,17). The van der Waals surface area contributed by atoms with Gasteiger partial charge in [-0.05, 0) is 18.2 Å². The molecule has 0 aliphatic heterocycles. The molecular weight excluding hydrogens is 240 g/mol. The van der Waals surface area contributed by atoms with Gasteiger partial charge in [-0.15, -0.1) is 0 Å². The first kappa shape index (κ1) is 11.3. The first-order valence-corrected chi connectivity index (χ1v) is 5.16. The topological polar surface area (TPSA) is 80.9 Å². The van der Waals surface area contributed by atoms with Crippen LogP contribution in [0.5, 0.6) is 0 Å². The molecule has 1 aromatic heterocycles. The van der Waals surface area contributed by atoms with Crippen LogP contribution in [0.25, 0.3) is 0 Å². The fourth-order valence-corrected chi connectivity index (χ4v) is 1.48. The third kappa shape index (κ3) is 2.70. The van der Waals surface area contributed by atoms with Crippen LogP contribution in [0.1, 0.15) is 10.4 Å². The molecular formula is C11H9ClN4O. The van der Waals surface area contributed by atoms with E-state index in [0.717, 1.165) is 0 Å². The van der Waals surface area contributed by atoms with Crippen LogP contribution in [0.4, 0.5) is 11.4 Å². The SMILES string of the molecule is Nc1ccc(Cl)c(C(=O)Nc2cncnc2)c1. The Morgan fingerprint density at radius 3 is 2.71 bits per heavy atom. The number of nitrogen functional groups attached to an aromatic ring is 1. The zero-order valence-corrected chi connectivity index (χ0v) is 9.48. The maximum atomic E-state index is 11.9. The van der Waals surface area contributed by atoms with Crippen LogP contribution in [-0.4, -0.2) is 15.9 Å². The molecule has 86 valence electrons. The number of halogens is 1. The lowest BCUT2D eigenvalue weighted by molar-refractivity contribution is 0.102. The molecule has 0 aliphatic rings. The normalized spacial score (nSPS) is 9.94. The maximum absolute atomic E-state index is 11.9. The molecule has 1 aromatic carbocycles. The van der Waals surface area contributed by atoms with Gasteiger partial charge in [-0.25, -0.2) is 9.97 Å². The predicted molar refractivity (Wildman–Crippen MR) is 65.8 cm³/mol. The minimum Gasteiger partial charge on any atom is -0.399 e. The van der Waals surface area contributed by atoms with E-state index in [9.17, 15) is 4.79 Å². The number of rotatable bonds is 2. The van der Waals surface area contributed by atoms with E-state index >= 15 is 0 Å². The summed E-state index contributed by atoms with van der Waals surface area (Å²) in [7, 11) is 0. The van der Waals surface area contributed by atoms with Crippen LogP contribution in [0.15, 0.2) is 36.9 Å². The van der Waals surface area contributed by atoms with E-state index in [0.29, 0.717) is 22.0 Å². The number of nitrogens with one attached hydrogen (secondary N) is 1. The van der Waals surface area contributed by atoms with E-state index in [1.807, 2.05) is 0 Å². The molecule has 5 nitrogen and oxygen atoms in total. The lowest BCUT2D eigenvalue weighted by Crippen LogP contribution is -2.13. The lowest BCUT2D eigenvalue weighted by atomic mass is 10.2. The van der Waals surface area contributed by atoms with Gasteiger partial charge in [0.15, 0.2) is 0 Å². The summed E-state index contributed by atoms with van der Waals surface area (Å²) in [6, 6.07) is 4.72. The van der Waals surface area contributed by atoms with Crippen molar-refractivity contribution in [2.24, 2.45) is 0 Å². The highest BCUT2D eigenvalue weighted by Crippen LogP contribution is 2.19. The van der Waals surface area contributed by atoms with Crippen molar-refractivity contribution < 1.29 is 4.79 Å². The molecule has 2 aromatic rings. The third-order valence-corrected chi connectivity index (χ3v) is 2.38. The van der Waals surface area contributed by atoms with E-state index < -0.39 is 0 Å². The predicted octanol–water partition coefficient (Wildman–Crippen LogP) is 1.96. The molecule has 0 saturated carbocycles. The first-order chi connectivity index (χ1) is 8.16. The number of anilines is 2. The van der Waals surface area contributed by atoms with Gasteiger partial charge in [-0.1, -0.05) is 11.6 Å². The number of benzene rings is 1. The van der Waals surface area contributed by atoms with Gasteiger partial charge in [0, 0.05) is 5.69 Å². The van der Waals surface area contributed by atoms with Crippen molar-refractivity contribution in [1.82, 2.24) is 9.97 Å². The summed E-state index contributed by atoms with van der Waals surface area (Å²) >= 11 is 5.91. The highest BCUT2D eigenvalue weighted by Gasteiger charge is 2.11. The van der Waals surface area contributed by atoms with Crippen molar-refractivity contribution in [1.29, 1.82) is 0 Å². The van der Waals surface area contributed by atoms with Gasteiger partial charge in [0.05, 0.1) is 28.7 Å². The van der Waals surface area contributed by atoms with E-state index in [-0.39, 0.29) is 5.91 Å². The summed E-state index contributed by atoms with van der Waals surface area (Å²) in [4.78, 5) is 19.5. The molecule has 0 aliphatic carbocycles. The second-order valence-electron chi connectivity index (χ2n) is 3.32. The number of aromatic nitrogens is 2. The third-order valence-electron chi connectivity index (χ3n) is 2.05. The van der Waals surface area contributed by atoms with Crippen molar-refractivity contribution in [3.8, 4) is 0 Å². The summed E-state index contributed by atoms with van der Waals surface area (Å²) in [5.41, 5.74) is 6.88. The van der Waals surface area contributed by atoms with E-state index in [1.165, 1.54) is 24.8 Å². The van der Waals surface area contributed by atoms with Gasteiger partial charge < -0.3 is 11.1 Å². The van der Waals surface area contributed by atoms with Gasteiger partial charge in [0.2, 0.25) is 0 Å².